The number of methoxy groups -OCH3 is 1. The van der Waals surface area contributed by atoms with Crippen molar-refractivity contribution in [1.29, 1.82) is 0 Å². The predicted octanol–water partition coefficient (Wildman–Crippen LogP) is 2.90. The number of esters is 1. The second-order valence-electron chi connectivity index (χ2n) is 5.60. The number of para-hydroxylation sites is 1. The van der Waals surface area contributed by atoms with Crippen molar-refractivity contribution in [3.05, 3.63) is 58.8 Å². The molecule has 31 heavy (non-hydrogen) atoms. The van der Waals surface area contributed by atoms with Gasteiger partial charge in [-0.05, 0) is 30.0 Å². The molecule has 160 valence electrons. The molecule has 13 heteroatoms. The number of amidine groups is 1. The van der Waals surface area contributed by atoms with Crippen LogP contribution < -0.4 is 10.1 Å². The fraction of sp³-hybridized carbons (Fsp3) is 0.111. The Bertz CT molecular complexity index is 1100. The van der Waals surface area contributed by atoms with E-state index in [2.05, 4.69) is 30.2 Å². The van der Waals surface area contributed by atoms with Crippen LogP contribution in [0, 0.1) is 0 Å². The molecule has 0 saturated carbocycles. The van der Waals surface area contributed by atoms with Crippen LogP contribution in [0.15, 0.2) is 57.7 Å². The van der Waals surface area contributed by atoms with Crippen LogP contribution in [0.4, 0.5) is 13.2 Å². The van der Waals surface area contributed by atoms with Crippen LogP contribution in [0.1, 0.15) is 11.3 Å². The minimum absolute atomic E-state index is 0.0891. The first-order valence-electron chi connectivity index (χ1n) is 8.33. The second kappa shape index (κ2) is 9.38. The van der Waals surface area contributed by atoms with Crippen molar-refractivity contribution in [2.75, 3.05) is 7.11 Å². The highest BCUT2D eigenvalue weighted by Gasteiger charge is 2.33. The molecule has 1 aliphatic heterocycles. The number of benzene rings is 1. The summed E-state index contributed by atoms with van der Waals surface area (Å²) in [5.41, 5.74) is -0.771. The number of carbonyl (C=O) groups is 2. The van der Waals surface area contributed by atoms with E-state index in [0.717, 1.165) is 30.1 Å². The van der Waals surface area contributed by atoms with Gasteiger partial charge in [0.1, 0.15) is 5.75 Å². The molecule has 0 bridgehead atoms. The van der Waals surface area contributed by atoms with Crippen LogP contribution in [0.2, 0.25) is 0 Å². The smallest absolute Gasteiger partial charge is 0.433 e. The lowest BCUT2D eigenvalue weighted by atomic mass is 10.2. The molecule has 1 fully saturated rings. The second-order valence-corrected chi connectivity index (χ2v) is 6.63. The number of hydrogen-bond donors (Lipinski definition) is 1. The Kier molecular flexibility index (Phi) is 6.65. The van der Waals surface area contributed by atoms with Crippen molar-refractivity contribution < 1.29 is 32.2 Å². The molecule has 0 spiro atoms. The van der Waals surface area contributed by atoms with Gasteiger partial charge in [0.2, 0.25) is 0 Å². The molecule has 1 saturated heterocycles. The van der Waals surface area contributed by atoms with E-state index >= 15 is 0 Å². The number of nitrogens with one attached hydrogen (secondary N) is 1. The van der Waals surface area contributed by atoms with Gasteiger partial charge in [0, 0.05) is 17.8 Å². The Morgan fingerprint density at radius 1 is 1.26 bits per heavy atom. The van der Waals surface area contributed by atoms with Gasteiger partial charge in [-0.2, -0.15) is 23.3 Å². The van der Waals surface area contributed by atoms with Gasteiger partial charge in [0.15, 0.2) is 10.9 Å². The van der Waals surface area contributed by atoms with E-state index in [0.29, 0.717) is 5.56 Å². The number of aromatic nitrogens is 2. The van der Waals surface area contributed by atoms with E-state index in [9.17, 15) is 22.8 Å². The molecular formula is C18H12F3N5O4S. The van der Waals surface area contributed by atoms with Crippen LogP contribution in [-0.4, -0.2) is 40.3 Å². The third-order valence-electron chi connectivity index (χ3n) is 3.49. The molecule has 9 nitrogen and oxygen atoms in total. The minimum Gasteiger partial charge on any atom is -0.466 e. The van der Waals surface area contributed by atoms with Gasteiger partial charge in [0.25, 0.3) is 5.91 Å². The number of ether oxygens (including phenoxy) is 2. The van der Waals surface area contributed by atoms with Crippen molar-refractivity contribution >= 4 is 35.0 Å². The maximum Gasteiger partial charge on any atom is 0.433 e. The molecule has 1 aromatic heterocycles. The quantitative estimate of drug-likeness (QED) is 0.322. The predicted molar refractivity (Wildman–Crippen MR) is 104 cm³/mol. The molecule has 2 heterocycles. The Hall–Kier alpha value is -3.74. The van der Waals surface area contributed by atoms with Crippen molar-refractivity contribution in [3.63, 3.8) is 0 Å². The maximum absolute atomic E-state index is 12.8. The molecule has 1 aliphatic rings. The van der Waals surface area contributed by atoms with Crippen LogP contribution >= 0.6 is 11.8 Å². The van der Waals surface area contributed by atoms with Crippen molar-refractivity contribution in [2.45, 2.75) is 6.18 Å². The standard InChI is InChI=1S/C18H12F3N5O4S/c1-29-14(27)8-12-15(28)25-17(31-12)26-23-9-10-4-2-3-5-11(10)30-16-22-7-6-13(24-16)18(19,20)21/h2-9H,1H3,(H,25,26,28)/b12-8+,23-9?. The number of carbonyl (C=O) groups excluding carboxylic acids is 2. The van der Waals surface area contributed by atoms with Crippen LogP contribution in [0.25, 0.3) is 0 Å². The molecule has 0 radical (unpaired) electrons. The lowest BCUT2D eigenvalue weighted by Gasteiger charge is -2.09. The van der Waals surface area contributed by atoms with Gasteiger partial charge in [-0.25, -0.2) is 9.78 Å². The normalized spacial score (nSPS) is 16.7. The van der Waals surface area contributed by atoms with Crippen LogP contribution in [0.3, 0.4) is 0 Å². The maximum atomic E-state index is 12.8. The van der Waals surface area contributed by atoms with Crippen molar-refractivity contribution in [3.8, 4) is 11.8 Å². The zero-order valence-corrected chi connectivity index (χ0v) is 16.4. The highest BCUT2D eigenvalue weighted by molar-refractivity contribution is 8.18. The van der Waals surface area contributed by atoms with Gasteiger partial charge in [-0.3, -0.25) is 10.1 Å². The number of nitrogens with zero attached hydrogens (tertiary/aromatic N) is 4. The zero-order valence-electron chi connectivity index (χ0n) is 15.6. The third-order valence-corrected chi connectivity index (χ3v) is 4.39. The average Bonchev–Trinajstić information content (AvgIpc) is 3.07. The van der Waals surface area contributed by atoms with Gasteiger partial charge in [-0.15, -0.1) is 5.10 Å². The molecule has 1 amide bonds. The van der Waals surface area contributed by atoms with Gasteiger partial charge in [-0.1, -0.05) is 12.1 Å². The number of halogens is 3. The van der Waals surface area contributed by atoms with Crippen LogP contribution in [0.5, 0.6) is 11.8 Å². The molecule has 1 N–H and O–H groups in total. The summed E-state index contributed by atoms with van der Waals surface area (Å²) in [5, 5.41) is 10.2. The number of amides is 1. The monoisotopic (exact) mass is 451 g/mol. The van der Waals surface area contributed by atoms with Gasteiger partial charge >= 0.3 is 18.2 Å². The first-order chi connectivity index (χ1) is 14.8. The van der Waals surface area contributed by atoms with E-state index in [4.69, 9.17) is 4.74 Å². The summed E-state index contributed by atoms with van der Waals surface area (Å²) in [6, 6.07) is 6.56. The summed E-state index contributed by atoms with van der Waals surface area (Å²) in [5.74, 6) is -1.08. The van der Waals surface area contributed by atoms with E-state index in [1.165, 1.54) is 19.4 Å². The van der Waals surface area contributed by atoms with Crippen LogP contribution in [-0.2, 0) is 20.5 Å². The Morgan fingerprint density at radius 2 is 2.03 bits per heavy atom. The van der Waals surface area contributed by atoms with Crippen molar-refractivity contribution in [2.24, 2.45) is 10.2 Å². The fourth-order valence-corrected chi connectivity index (χ4v) is 2.85. The summed E-state index contributed by atoms with van der Waals surface area (Å²) in [4.78, 5) is 30.1. The SMILES string of the molecule is COC(=O)/C=C1/S/C(=N\N=Cc2ccccc2Oc2nccc(C(F)(F)F)n2)NC1=O. The third kappa shape index (κ3) is 5.88. The Balaban J connectivity index is 1.75. The zero-order chi connectivity index (χ0) is 22.4. The molecule has 0 atom stereocenters. The van der Waals surface area contributed by atoms with Crippen molar-refractivity contribution in [1.82, 2.24) is 15.3 Å². The summed E-state index contributed by atoms with van der Waals surface area (Å²) >= 11 is 0.886. The summed E-state index contributed by atoms with van der Waals surface area (Å²) < 4.78 is 48.2. The van der Waals surface area contributed by atoms with E-state index in [-0.39, 0.29) is 15.8 Å². The largest absolute Gasteiger partial charge is 0.466 e. The molecule has 0 aliphatic carbocycles. The molecular weight excluding hydrogens is 439 g/mol. The number of alkyl halides is 3. The topological polar surface area (TPSA) is 115 Å². The lowest BCUT2D eigenvalue weighted by molar-refractivity contribution is -0.141. The number of thioether (sulfide) groups is 1. The molecule has 1 aromatic carbocycles. The molecule has 3 rings (SSSR count). The van der Waals surface area contributed by atoms with Gasteiger partial charge in [0.05, 0.1) is 18.2 Å². The summed E-state index contributed by atoms with van der Waals surface area (Å²) in [6.45, 7) is 0. The Labute approximate surface area is 177 Å². The number of rotatable bonds is 5. The first kappa shape index (κ1) is 22.0. The van der Waals surface area contributed by atoms with E-state index in [1.54, 1.807) is 18.2 Å². The van der Waals surface area contributed by atoms with Gasteiger partial charge < -0.3 is 9.47 Å². The lowest BCUT2D eigenvalue weighted by Crippen LogP contribution is -2.19. The minimum atomic E-state index is -4.64. The Morgan fingerprint density at radius 3 is 2.77 bits per heavy atom. The summed E-state index contributed by atoms with van der Waals surface area (Å²) in [6.07, 6.45) is -1.41. The van der Waals surface area contributed by atoms with E-state index < -0.39 is 29.8 Å². The van der Waals surface area contributed by atoms with E-state index in [1.807, 2.05) is 0 Å². The molecule has 0 unspecified atom stereocenters. The fourth-order valence-electron chi connectivity index (χ4n) is 2.11. The average molecular weight is 451 g/mol. The molecule has 2 aromatic rings. The highest BCUT2D eigenvalue weighted by Crippen LogP contribution is 2.29. The summed E-state index contributed by atoms with van der Waals surface area (Å²) in [7, 11) is 1.18. The number of hydrogen-bond acceptors (Lipinski definition) is 9. The highest BCUT2D eigenvalue weighted by atomic mass is 32.2. The first-order valence-corrected chi connectivity index (χ1v) is 9.15.